The number of benzene rings is 3. The quantitative estimate of drug-likeness (QED) is 0.0100. The molecule has 0 bridgehead atoms. The van der Waals surface area contributed by atoms with Crippen LogP contribution in [-0.4, -0.2) is 137 Å². The molecule has 0 saturated carbocycles. The van der Waals surface area contributed by atoms with E-state index in [4.69, 9.17) is 28.7 Å². The van der Waals surface area contributed by atoms with E-state index in [1.807, 2.05) is 55.6 Å². The summed E-state index contributed by atoms with van der Waals surface area (Å²) in [6.45, 7) is 3.37. The summed E-state index contributed by atoms with van der Waals surface area (Å²) in [5.74, 6) is -6.18. The monoisotopic (exact) mass is 1130 g/mol. The average Bonchev–Trinajstić information content (AvgIpc) is 4.13. The maximum atomic E-state index is 15.0. The molecule has 0 saturated heterocycles. The summed E-state index contributed by atoms with van der Waals surface area (Å²) < 4.78 is 0. The number of nitrogens with two attached hydrogens (primary N) is 5. The number of guanidine groups is 2. The molecule has 0 fully saturated rings. The first-order valence-corrected chi connectivity index (χ1v) is 27.1. The maximum absolute atomic E-state index is 15.0. The Kier molecular flexibility index (Phi) is 25.1. The van der Waals surface area contributed by atoms with E-state index in [0.717, 1.165) is 22.0 Å². The number of hydrogen-bond acceptors (Lipinski definition) is 11. The summed E-state index contributed by atoms with van der Waals surface area (Å²) in [4.78, 5) is 136. The Balaban J connectivity index is 1.44. The van der Waals surface area contributed by atoms with Crippen LogP contribution in [0.5, 0.6) is 0 Å². The van der Waals surface area contributed by atoms with Crippen LogP contribution in [0.1, 0.15) is 81.9 Å². The van der Waals surface area contributed by atoms with Crippen LogP contribution in [0.25, 0.3) is 21.8 Å². The zero-order chi connectivity index (χ0) is 59.6. The summed E-state index contributed by atoms with van der Waals surface area (Å²) in [6.07, 6.45) is 5.04. The highest BCUT2D eigenvalue weighted by Gasteiger charge is 2.34. The van der Waals surface area contributed by atoms with Crippen LogP contribution in [0.3, 0.4) is 0 Å². The van der Waals surface area contributed by atoms with Crippen LogP contribution in [-0.2, 0) is 62.4 Å². The molecule has 0 aliphatic rings. The lowest BCUT2D eigenvalue weighted by atomic mass is 10.0. The van der Waals surface area contributed by atoms with Gasteiger partial charge in [0, 0.05) is 79.6 Å². The van der Waals surface area contributed by atoms with E-state index in [1.54, 1.807) is 42.6 Å². The number of aliphatic imine (C=N–C) groups is 2. The molecular formula is C56H77N17O9. The first-order chi connectivity index (χ1) is 39.3. The van der Waals surface area contributed by atoms with Gasteiger partial charge in [-0.1, -0.05) is 66.7 Å². The lowest BCUT2D eigenvalue weighted by Gasteiger charge is -2.27. The van der Waals surface area contributed by atoms with Crippen LogP contribution in [0, 0.1) is 0 Å². The first-order valence-electron chi connectivity index (χ1n) is 27.1. The number of nitrogens with zero attached hydrogens (tertiary/aromatic N) is 2. The highest BCUT2D eigenvalue weighted by Crippen LogP contribution is 2.21. The van der Waals surface area contributed by atoms with Crippen molar-refractivity contribution in [1.82, 2.24) is 52.5 Å². The Morgan fingerprint density at radius 2 is 0.988 bits per heavy atom. The van der Waals surface area contributed by atoms with Crippen LogP contribution in [0.4, 0.5) is 0 Å². The molecule has 9 amide bonds. The van der Waals surface area contributed by atoms with Gasteiger partial charge in [0.25, 0.3) is 0 Å². The van der Waals surface area contributed by atoms with Gasteiger partial charge in [0.15, 0.2) is 11.9 Å². The zero-order valence-electron chi connectivity index (χ0n) is 46.1. The summed E-state index contributed by atoms with van der Waals surface area (Å²) >= 11 is 0. The molecule has 0 unspecified atom stereocenters. The normalized spacial score (nSPS) is 13.5. The SMILES string of the molecule is CC(=O)N[C@@H](CCCN=C(N)N)C(=O)N[C@@H](CC(=O)NCCCC[C@H](NC=O)C(N)=O)C(=O)N[C@H](Cc1c[nH]c2ccccc12)C(=O)N[C@H](Cc1ccccc1)C(=O)N[C@@H](CCCN=C(N)N)C(=O)N[C@H](C)Cc1c[nH]c2ccccc12. The average molecular weight is 1130 g/mol. The number of carbonyl (C=O) groups excluding carboxylic acids is 9. The van der Waals surface area contributed by atoms with Crippen molar-refractivity contribution in [2.75, 3.05) is 19.6 Å². The molecule has 26 heteroatoms. The van der Waals surface area contributed by atoms with Gasteiger partial charge in [0.1, 0.15) is 36.3 Å². The number of rotatable bonds is 35. The van der Waals surface area contributed by atoms with Crippen molar-refractivity contribution in [1.29, 1.82) is 0 Å². The Morgan fingerprint density at radius 1 is 0.524 bits per heavy atom. The first kappa shape index (κ1) is 63.3. The smallest absolute Gasteiger partial charge is 0.243 e. The third-order valence-electron chi connectivity index (χ3n) is 13.3. The minimum Gasteiger partial charge on any atom is -0.370 e. The third-order valence-corrected chi connectivity index (χ3v) is 13.3. The lowest BCUT2D eigenvalue weighted by Crippen LogP contribution is -2.60. The van der Waals surface area contributed by atoms with E-state index in [9.17, 15) is 38.4 Å². The van der Waals surface area contributed by atoms with E-state index < -0.39 is 89.9 Å². The lowest BCUT2D eigenvalue weighted by molar-refractivity contribution is -0.136. The predicted octanol–water partition coefficient (Wildman–Crippen LogP) is -0.991. The van der Waals surface area contributed by atoms with Crippen LogP contribution in [0.15, 0.2) is 101 Å². The molecule has 0 aliphatic carbocycles. The molecule has 3 aromatic carbocycles. The van der Waals surface area contributed by atoms with Crippen molar-refractivity contribution >= 4 is 87.4 Å². The highest BCUT2D eigenvalue weighted by molar-refractivity contribution is 5.98. The molecule has 20 N–H and O–H groups in total. The van der Waals surface area contributed by atoms with Crippen molar-refractivity contribution in [2.45, 2.75) is 127 Å². The van der Waals surface area contributed by atoms with E-state index in [-0.39, 0.29) is 76.1 Å². The van der Waals surface area contributed by atoms with Gasteiger partial charge in [-0.25, -0.2) is 0 Å². The standard InChI is InChI=1S/C56H77N17O9/c1-33(26-36-30-65-40-18-8-6-16-38(36)40)68-50(78)44(22-13-25-64-56(60)61)70-52(80)45(27-35-14-4-3-5-15-35)71-53(81)46(28-37-31-66-41-19-9-7-17-39(37)41)72-54(82)47(29-48(76)62-23-11-10-20-42(49(57)77)67-32-74)73-51(79)43(69-34(2)75)21-12-24-63-55(58)59/h3-9,14-19,30-33,42-47,65-66H,10-13,20-29H2,1-2H3,(H2,57,77)(H,62,76)(H,67,74)(H,68,78)(H,69,75)(H,70,80)(H,71,81)(H,72,82)(H,73,79)(H4,58,59,63)(H4,60,61,64)/t33-,42+,43+,44+,45-,46-,47+/m1/s1. The van der Waals surface area contributed by atoms with Gasteiger partial charge in [-0.05, 0) is 87.1 Å². The second-order valence-corrected chi connectivity index (χ2v) is 19.9. The number of carbonyl (C=O) groups is 9. The molecule has 2 heterocycles. The summed E-state index contributed by atoms with van der Waals surface area (Å²) in [6, 6.07) is 15.8. The van der Waals surface area contributed by atoms with Crippen molar-refractivity contribution in [2.24, 2.45) is 38.7 Å². The third kappa shape index (κ3) is 21.0. The van der Waals surface area contributed by atoms with Crippen molar-refractivity contribution in [3.05, 3.63) is 108 Å². The van der Waals surface area contributed by atoms with Gasteiger partial charge >= 0.3 is 0 Å². The number of hydrogen-bond donors (Lipinski definition) is 15. The van der Waals surface area contributed by atoms with Crippen LogP contribution in [0.2, 0.25) is 0 Å². The van der Waals surface area contributed by atoms with Gasteiger partial charge in [0.05, 0.1) is 6.42 Å². The molecule has 0 aliphatic heterocycles. The molecule has 5 aromatic rings. The number of unbranched alkanes of at least 4 members (excludes halogenated alkanes) is 1. The topological polar surface area (TPSA) is 436 Å². The summed E-state index contributed by atoms with van der Waals surface area (Å²) in [5.41, 5.74) is 31.4. The molecule has 2 aromatic heterocycles. The number of primary amides is 1. The minimum absolute atomic E-state index is 0.0211. The second kappa shape index (κ2) is 32.6. The van der Waals surface area contributed by atoms with Crippen molar-refractivity contribution in [3.8, 4) is 0 Å². The molecule has 82 heavy (non-hydrogen) atoms. The molecule has 440 valence electrons. The number of aromatic amines is 2. The summed E-state index contributed by atoms with van der Waals surface area (Å²) in [5, 5.41) is 23.4. The number of amides is 9. The Bertz CT molecular complexity index is 3030. The Hall–Kier alpha value is -9.49. The Labute approximate surface area is 474 Å². The predicted molar refractivity (Wildman–Crippen MR) is 311 cm³/mol. The van der Waals surface area contributed by atoms with Gasteiger partial charge in [-0.15, -0.1) is 0 Å². The number of fused-ring (bicyclic) bond motifs is 2. The van der Waals surface area contributed by atoms with E-state index in [1.165, 1.54) is 6.92 Å². The van der Waals surface area contributed by atoms with Crippen LogP contribution < -0.4 is 71.2 Å². The molecular weight excluding hydrogens is 1050 g/mol. The number of nitrogens with one attached hydrogen (secondary N) is 10. The van der Waals surface area contributed by atoms with E-state index in [0.29, 0.717) is 48.6 Å². The van der Waals surface area contributed by atoms with E-state index in [2.05, 4.69) is 62.5 Å². The molecule has 0 spiro atoms. The van der Waals surface area contributed by atoms with Gasteiger partial charge in [-0.2, -0.15) is 0 Å². The zero-order valence-corrected chi connectivity index (χ0v) is 46.1. The summed E-state index contributed by atoms with van der Waals surface area (Å²) in [7, 11) is 0. The van der Waals surface area contributed by atoms with Gasteiger partial charge in [0.2, 0.25) is 53.7 Å². The number of aromatic nitrogens is 2. The maximum Gasteiger partial charge on any atom is 0.243 e. The molecule has 7 atom stereocenters. The second-order valence-electron chi connectivity index (χ2n) is 19.9. The Morgan fingerprint density at radius 3 is 1.54 bits per heavy atom. The molecule has 5 rings (SSSR count). The fraction of sp³-hybridized carbons (Fsp3) is 0.411. The molecule has 26 nitrogen and oxygen atoms in total. The minimum atomic E-state index is -1.66. The largest absolute Gasteiger partial charge is 0.370 e. The number of para-hydroxylation sites is 2. The fourth-order valence-electron chi connectivity index (χ4n) is 9.25. The van der Waals surface area contributed by atoms with Crippen LogP contribution >= 0.6 is 0 Å². The van der Waals surface area contributed by atoms with Crippen molar-refractivity contribution in [3.63, 3.8) is 0 Å². The number of H-pyrrole nitrogens is 2. The van der Waals surface area contributed by atoms with Gasteiger partial charge in [-0.3, -0.25) is 53.1 Å². The highest BCUT2D eigenvalue weighted by atomic mass is 16.2. The van der Waals surface area contributed by atoms with E-state index >= 15 is 4.79 Å². The molecule has 0 radical (unpaired) electrons. The fourth-order valence-corrected chi connectivity index (χ4v) is 9.25. The van der Waals surface area contributed by atoms with Crippen molar-refractivity contribution < 1.29 is 43.2 Å². The van der Waals surface area contributed by atoms with Gasteiger partial charge < -0.3 is 81.2 Å².